The fourth-order valence-corrected chi connectivity index (χ4v) is 2.88. The van der Waals surface area contributed by atoms with Crippen molar-refractivity contribution in [3.8, 4) is 0 Å². The van der Waals surface area contributed by atoms with E-state index in [1.54, 1.807) is 4.52 Å². The predicted molar refractivity (Wildman–Crippen MR) is 75.9 cm³/mol. The minimum atomic E-state index is -0.462. The number of aromatic nitrogens is 4. The molecule has 0 aromatic carbocycles. The minimum Gasteiger partial charge on any atom is -0.391 e. The summed E-state index contributed by atoms with van der Waals surface area (Å²) in [5, 5.41) is 17.0. The standard InChI is InChI=1S/C14H19N5O2/c1-2-11-9(7-15-14-16-8-17-19(11)14)13(21)18-10-5-3-4-6-12(10)20/h7-8,10,12,20H,2-6H2,1H3,(H,18,21)/t10-,12-/m0/s1. The van der Waals surface area contributed by atoms with E-state index in [2.05, 4.69) is 20.4 Å². The van der Waals surface area contributed by atoms with Gasteiger partial charge in [-0.05, 0) is 19.3 Å². The second-order valence-electron chi connectivity index (χ2n) is 5.38. The third-order valence-corrected chi connectivity index (χ3v) is 4.03. The molecule has 0 spiro atoms. The number of aliphatic hydroxyl groups is 1. The molecule has 112 valence electrons. The maximum atomic E-state index is 12.5. The molecule has 1 aliphatic carbocycles. The van der Waals surface area contributed by atoms with Crippen molar-refractivity contribution in [3.05, 3.63) is 23.8 Å². The van der Waals surface area contributed by atoms with E-state index >= 15 is 0 Å². The first kappa shape index (κ1) is 13.9. The highest BCUT2D eigenvalue weighted by Gasteiger charge is 2.26. The van der Waals surface area contributed by atoms with Crippen molar-refractivity contribution in [1.82, 2.24) is 24.9 Å². The van der Waals surface area contributed by atoms with Crippen molar-refractivity contribution in [1.29, 1.82) is 0 Å². The van der Waals surface area contributed by atoms with Crippen LogP contribution in [-0.2, 0) is 6.42 Å². The van der Waals surface area contributed by atoms with Crippen LogP contribution < -0.4 is 5.32 Å². The van der Waals surface area contributed by atoms with Crippen LogP contribution in [0.1, 0.15) is 48.7 Å². The maximum Gasteiger partial charge on any atom is 0.255 e. The summed E-state index contributed by atoms with van der Waals surface area (Å²) in [5.74, 6) is 0.281. The molecule has 1 amide bonds. The summed E-state index contributed by atoms with van der Waals surface area (Å²) in [6, 6.07) is -0.178. The molecule has 1 saturated carbocycles. The zero-order chi connectivity index (χ0) is 14.8. The molecule has 0 aliphatic heterocycles. The number of hydrogen-bond acceptors (Lipinski definition) is 5. The van der Waals surface area contributed by atoms with Crippen LogP contribution >= 0.6 is 0 Å². The number of nitrogens with one attached hydrogen (secondary N) is 1. The van der Waals surface area contributed by atoms with E-state index in [9.17, 15) is 9.90 Å². The number of fused-ring (bicyclic) bond motifs is 1. The predicted octanol–water partition coefficient (Wildman–Crippen LogP) is 0.720. The number of rotatable bonds is 3. The number of carbonyl (C=O) groups excluding carboxylic acids is 1. The van der Waals surface area contributed by atoms with Crippen molar-refractivity contribution in [3.63, 3.8) is 0 Å². The lowest BCUT2D eigenvalue weighted by Crippen LogP contribution is -2.45. The van der Waals surface area contributed by atoms with Crippen molar-refractivity contribution in [2.45, 2.75) is 51.2 Å². The van der Waals surface area contributed by atoms with Gasteiger partial charge in [-0.25, -0.2) is 9.50 Å². The number of amides is 1. The summed E-state index contributed by atoms with van der Waals surface area (Å²) in [6.07, 6.45) is 6.75. The molecule has 0 radical (unpaired) electrons. The van der Waals surface area contributed by atoms with Gasteiger partial charge in [0, 0.05) is 6.20 Å². The summed E-state index contributed by atoms with van der Waals surface area (Å²) in [4.78, 5) is 20.7. The Morgan fingerprint density at radius 3 is 3.00 bits per heavy atom. The van der Waals surface area contributed by atoms with Gasteiger partial charge in [0.15, 0.2) is 0 Å². The average Bonchev–Trinajstić information content (AvgIpc) is 2.97. The zero-order valence-electron chi connectivity index (χ0n) is 12.0. The Morgan fingerprint density at radius 1 is 1.43 bits per heavy atom. The van der Waals surface area contributed by atoms with Crippen LogP contribution in [0.5, 0.6) is 0 Å². The highest BCUT2D eigenvalue weighted by molar-refractivity contribution is 5.95. The van der Waals surface area contributed by atoms with Gasteiger partial charge in [-0.3, -0.25) is 4.79 Å². The summed E-state index contributed by atoms with van der Waals surface area (Å²) >= 11 is 0. The quantitative estimate of drug-likeness (QED) is 0.868. The highest BCUT2D eigenvalue weighted by atomic mass is 16.3. The van der Waals surface area contributed by atoms with Gasteiger partial charge in [0.2, 0.25) is 0 Å². The molecule has 21 heavy (non-hydrogen) atoms. The van der Waals surface area contributed by atoms with Gasteiger partial charge >= 0.3 is 0 Å². The third kappa shape index (κ3) is 2.61. The minimum absolute atomic E-state index is 0.178. The Balaban J connectivity index is 1.87. The van der Waals surface area contributed by atoms with Crippen LogP contribution in [0.4, 0.5) is 0 Å². The fourth-order valence-electron chi connectivity index (χ4n) is 2.88. The average molecular weight is 289 g/mol. The van der Waals surface area contributed by atoms with Gasteiger partial charge in [-0.1, -0.05) is 19.8 Å². The lowest BCUT2D eigenvalue weighted by Gasteiger charge is -2.28. The van der Waals surface area contributed by atoms with Crippen LogP contribution in [0, 0.1) is 0 Å². The topological polar surface area (TPSA) is 92.4 Å². The van der Waals surface area contributed by atoms with E-state index in [0.29, 0.717) is 17.8 Å². The lowest BCUT2D eigenvalue weighted by molar-refractivity contribution is 0.0716. The van der Waals surface area contributed by atoms with Crippen molar-refractivity contribution >= 4 is 11.7 Å². The van der Waals surface area contributed by atoms with Crippen LogP contribution in [0.25, 0.3) is 5.78 Å². The normalized spacial score (nSPS) is 22.4. The van der Waals surface area contributed by atoms with Crippen molar-refractivity contribution in [2.75, 3.05) is 0 Å². The Kier molecular flexibility index (Phi) is 3.83. The lowest BCUT2D eigenvalue weighted by atomic mass is 9.92. The van der Waals surface area contributed by atoms with E-state index in [-0.39, 0.29) is 11.9 Å². The molecule has 2 aromatic rings. The smallest absolute Gasteiger partial charge is 0.255 e. The number of nitrogens with zero attached hydrogens (tertiary/aromatic N) is 4. The molecular weight excluding hydrogens is 270 g/mol. The monoisotopic (exact) mass is 289 g/mol. The SMILES string of the molecule is CCc1c(C(=O)N[C@H]2CCCC[C@@H]2O)cnc2ncnn12. The van der Waals surface area contributed by atoms with Gasteiger partial charge in [0.05, 0.1) is 23.4 Å². The summed E-state index contributed by atoms with van der Waals surface area (Å²) in [6.45, 7) is 1.96. The molecule has 2 aromatic heterocycles. The number of aliphatic hydroxyl groups excluding tert-OH is 1. The highest BCUT2D eigenvalue weighted by Crippen LogP contribution is 2.19. The zero-order valence-corrected chi connectivity index (χ0v) is 12.0. The van der Waals surface area contributed by atoms with Gasteiger partial charge in [-0.15, -0.1) is 0 Å². The first-order valence-corrected chi connectivity index (χ1v) is 7.37. The van der Waals surface area contributed by atoms with Gasteiger partial charge in [-0.2, -0.15) is 10.1 Å². The van der Waals surface area contributed by atoms with E-state index in [0.717, 1.165) is 31.4 Å². The second kappa shape index (κ2) is 5.77. The molecule has 0 unspecified atom stereocenters. The van der Waals surface area contributed by atoms with Gasteiger partial charge in [0.1, 0.15) is 6.33 Å². The Labute approximate surface area is 122 Å². The van der Waals surface area contributed by atoms with Crippen LogP contribution in [0.3, 0.4) is 0 Å². The molecule has 2 N–H and O–H groups in total. The number of aryl methyl sites for hydroxylation is 1. The second-order valence-corrected chi connectivity index (χ2v) is 5.38. The molecule has 7 nitrogen and oxygen atoms in total. The van der Waals surface area contributed by atoms with E-state index < -0.39 is 6.10 Å². The number of hydrogen-bond donors (Lipinski definition) is 2. The molecule has 2 atom stereocenters. The maximum absolute atomic E-state index is 12.5. The summed E-state index contributed by atoms with van der Waals surface area (Å²) in [7, 11) is 0. The Hall–Kier alpha value is -2.02. The van der Waals surface area contributed by atoms with Crippen molar-refractivity contribution in [2.24, 2.45) is 0 Å². The van der Waals surface area contributed by atoms with E-state index in [4.69, 9.17) is 0 Å². The molecule has 0 saturated heterocycles. The largest absolute Gasteiger partial charge is 0.391 e. The van der Waals surface area contributed by atoms with Crippen molar-refractivity contribution < 1.29 is 9.90 Å². The number of carbonyl (C=O) groups is 1. The Morgan fingerprint density at radius 2 is 2.24 bits per heavy atom. The van der Waals surface area contributed by atoms with Gasteiger partial charge in [0.25, 0.3) is 11.7 Å². The van der Waals surface area contributed by atoms with Crippen LogP contribution in [0.2, 0.25) is 0 Å². The molecule has 2 heterocycles. The Bertz CT molecular complexity index is 654. The third-order valence-electron chi connectivity index (χ3n) is 4.03. The first-order chi connectivity index (χ1) is 10.2. The van der Waals surface area contributed by atoms with Gasteiger partial charge < -0.3 is 10.4 Å². The molecule has 3 rings (SSSR count). The first-order valence-electron chi connectivity index (χ1n) is 7.37. The van der Waals surface area contributed by atoms with Crippen LogP contribution in [0.15, 0.2) is 12.5 Å². The molecule has 1 fully saturated rings. The van der Waals surface area contributed by atoms with E-state index in [1.165, 1.54) is 12.5 Å². The molecule has 1 aliphatic rings. The summed E-state index contributed by atoms with van der Waals surface area (Å²) < 4.78 is 1.59. The fraction of sp³-hybridized carbons (Fsp3) is 0.571. The molecular formula is C14H19N5O2. The van der Waals surface area contributed by atoms with E-state index in [1.807, 2.05) is 6.92 Å². The molecule has 7 heteroatoms. The summed E-state index contributed by atoms with van der Waals surface area (Å²) in [5.41, 5.74) is 1.27. The molecule has 0 bridgehead atoms. The van der Waals surface area contributed by atoms with Crippen LogP contribution in [-0.4, -0.2) is 42.7 Å².